The first-order chi connectivity index (χ1) is 16.6. The maximum absolute atomic E-state index is 13.3. The summed E-state index contributed by atoms with van der Waals surface area (Å²) in [6.45, 7) is 4.65. The summed E-state index contributed by atoms with van der Waals surface area (Å²) >= 11 is 0. The van der Waals surface area contributed by atoms with Crippen LogP contribution in [0.3, 0.4) is 0 Å². The molecule has 1 fully saturated rings. The molecule has 1 aliphatic heterocycles. The van der Waals surface area contributed by atoms with Crippen LogP contribution >= 0.6 is 0 Å². The van der Waals surface area contributed by atoms with Crippen molar-refractivity contribution in [2.75, 3.05) is 23.3 Å². The minimum atomic E-state index is -3.64. The number of fused-ring (bicyclic) bond motifs is 2. The Morgan fingerprint density at radius 3 is 2.71 bits per heavy atom. The molecule has 2 aromatic heterocycles. The van der Waals surface area contributed by atoms with Gasteiger partial charge in [0.2, 0.25) is 10.0 Å². The summed E-state index contributed by atoms with van der Waals surface area (Å²) in [5.74, 6) is -0.0247. The van der Waals surface area contributed by atoms with Crippen molar-refractivity contribution in [2.24, 2.45) is 5.92 Å². The summed E-state index contributed by atoms with van der Waals surface area (Å²) < 4.78 is 28.2. The second-order valence-electron chi connectivity index (χ2n) is 9.14. The summed E-state index contributed by atoms with van der Waals surface area (Å²) in [5, 5.41) is 6.88. The van der Waals surface area contributed by atoms with Gasteiger partial charge in [-0.3, -0.25) is 14.3 Å². The number of nitrogens with two attached hydrogens (primary N) is 1. The van der Waals surface area contributed by atoms with E-state index < -0.39 is 10.0 Å². The zero-order valence-electron chi connectivity index (χ0n) is 19.7. The van der Waals surface area contributed by atoms with E-state index in [9.17, 15) is 18.0 Å². The number of nitrogens with one attached hydrogen (secondary N) is 2. The van der Waals surface area contributed by atoms with Crippen LogP contribution in [-0.4, -0.2) is 58.6 Å². The van der Waals surface area contributed by atoms with Crippen molar-refractivity contribution in [3.05, 3.63) is 41.1 Å². The third-order valence-electron chi connectivity index (χ3n) is 6.50. The van der Waals surface area contributed by atoms with Crippen molar-refractivity contribution >= 4 is 39.0 Å². The molecule has 4 N–H and O–H groups in total. The molecule has 5 rings (SSSR count). The molecule has 3 heterocycles. The van der Waals surface area contributed by atoms with Gasteiger partial charge in [-0.05, 0) is 56.4 Å². The van der Waals surface area contributed by atoms with Gasteiger partial charge in [0.15, 0.2) is 11.5 Å². The highest BCUT2D eigenvalue weighted by molar-refractivity contribution is 7.92. The highest BCUT2D eigenvalue weighted by atomic mass is 32.2. The zero-order chi connectivity index (χ0) is 25.1. The summed E-state index contributed by atoms with van der Waals surface area (Å²) in [7, 11) is -3.64. The van der Waals surface area contributed by atoms with Crippen molar-refractivity contribution in [2.45, 2.75) is 39.3 Å². The van der Waals surface area contributed by atoms with Gasteiger partial charge in [-0.2, -0.15) is 0 Å². The van der Waals surface area contributed by atoms with Gasteiger partial charge in [-0.15, -0.1) is 5.10 Å². The summed E-state index contributed by atoms with van der Waals surface area (Å²) in [4.78, 5) is 32.3. The lowest BCUT2D eigenvalue weighted by Crippen LogP contribution is -2.34. The maximum Gasteiger partial charge on any atom is 0.258 e. The van der Waals surface area contributed by atoms with Gasteiger partial charge in [0, 0.05) is 30.9 Å². The maximum atomic E-state index is 13.3. The Labute approximate surface area is 202 Å². The second kappa shape index (κ2) is 8.22. The monoisotopic (exact) mass is 497 g/mol. The average Bonchev–Trinajstić information content (AvgIpc) is 3.49. The van der Waals surface area contributed by atoms with Gasteiger partial charge in [-0.1, -0.05) is 0 Å². The molecule has 1 unspecified atom stereocenters. The molecule has 1 saturated carbocycles. The number of sulfonamides is 1. The Balaban J connectivity index is 1.62. The largest absolute Gasteiger partial charge is 0.381 e. The van der Waals surface area contributed by atoms with Crippen LogP contribution in [0.2, 0.25) is 0 Å². The molecule has 2 amide bonds. The molecule has 11 nitrogen and oxygen atoms in total. The molecule has 0 radical (unpaired) electrons. The van der Waals surface area contributed by atoms with E-state index in [0.29, 0.717) is 35.8 Å². The molecule has 1 aromatic carbocycles. The van der Waals surface area contributed by atoms with Gasteiger partial charge < -0.3 is 16.0 Å². The van der Waals surface area contributed by atoms with Gasteiger partial charge in [0.1, 0.15) is 5.56 Å². The first-order valence-corrected chi connectivity index (χ1v) is 13.4. The third kappa shape index (κ3) is 4.18. The van der Waals surface area contributed by atoms with E-state index in [4.69, 9.17) is 5.73 Å². The molecule has 12 heteroatoms. The lowest BCUT2D eigenvalue weighted by molar-refractivity contribution is 0.0698. The van der Waals surface area contributed by atoms with E-state index in [0.717, 1.165) is 24.7 Å². The minimum absolute atomic E-state index is 0.0595. The summed E-state index contributed by atoms with van der Waals surface area (Å²) in [5.41, 5.74) is 8.83. The molecule has 0 spiro atoms. The average molecular weight is 498 g/mol. The Morgan fingerprint density at radius 2 is 2.06 bits per heavy atom. The van der Waals surface area contributed by atoms with Gasteiger partial charge in [0.25, 0.3) is 11.8 Å². The first-order valence-electron chi connectivity index (χ1n) is 11.5. The van der Waals surface area contributed by atoms with Crippen molar-refractivity contribution in [1.82, 2.24) is 24.8 Å². The van der Waals surface area contributed by atoms with E-state index in [1.54, 1.807) is 30.2 Å². The van der Waals surface area contributed by atoms with Crippen LogP contribution in [0.4, 0.5) is 11.5 Å². The van der Waals surface area contributed by atoms with Gasteiger partial charge in [0.05, 0.1) is 23.2 Å². The van der Waals surface area contributed by atoms with Crippen LogP contribution in [0, 0.1) is 5.92 Å². The molecule has 1 atom stereocenters. The number of carbonyl (C=O) groups excluding carboxylic acids is 2. The van der Waals surface area contributed by atoms with Crippen LogP contribution in [0.5, 0.6) is 0 Å². The standard InChI is InChI=1S/C23H27N7O4S/c1-4-25-22(31)19-20(24)27-30-8-7-16(26-21(19)30)14-9-15-11-29(12(2)13-5-6-13)23(32)18(15)17(10-14)28-35(3,33)34/h7-10,12-13,28H,4-6,11H2,1-3H3,(H2,24,27)(H,25,31). The first kappa shape index (κ1) is 23.1. The number of anilines is 2. The van der Waals surface area contributed by atoms with Gasteiger partial charge in [-0.25, -0.2) is 17.9 Å². The molecular weight excluding hydrogens is 470 g/mol. The fourth-order valence-corrected chi connectivity index (χ4v) is 5.20. The molecule has 0 bridgehead atoms. The molecule has 1 aliphatic carbocycles. The number of hydrogen-bond donors (Lipinski definition) is 3. The lowest BCUT2D eigenvalue weighted by Gasteiger charge is -2.24. The van der Waals surface area contributed by atoms with Gasteiger partial charge >= 0.3 is 0 Å². The minimum Gasteiger partial charge on any atom is -0.381 e. The van der Waals surface area contributed by atoms with Crippen LogP contribution in [-0.2, 0) is 16.6 Å². The second-order valence-corrected chi connectivity index (χ2v) is 10.9. The van der Waals surface area contributed by atoms with E-state index in [-0.39, 0.29) is 40.6 Å². The Hall–Kier alpha value is -3.67. The normalized spacial score (nSPS) is 16.4. The predicted molar refractivity (Wildman–Crippen MR) is 131 cm³/mol. The molecular formula is C23H27N7O4S. The molecule has 0 saturated heterocycles. The number of nitrogens with zero attached hydrogens (tertiary/aromatic N) is 4. The molecule has 2 aliphatic rings. The SMILES string of the molecule is CCNC(=O)c1c(N)nn2ccc(-c3cc4c(c(NS(C)(=O)=O)c3)C(=O)N(C(C)C3CC3)C4)nc12. The Morgan fingerprint density at radius 1 is 1.31 bits per heavy atom. The topological polar surface area (TPSA) is 152 Å². The number of rotatable bonds is 7. The highest BCUT2D eigenvalue weighted by Crippen LogP contribution is 2.41. The van der Waals surface area contributed by atoms with Crippen molar-refractivity contribution in [3.8, 4) is 11.3 Å². The molecule has 184 valence electrons. The number of hydrogen-bond acceptors (Lipinski definition) is 7. The fraction of sp³-hybridized carbons (Fsp3) is 0.391. The molecule has 3 aromatic rings. The van der Waals surface area contributed by atoms with E-state index in [2.05, 4.69) is 20.1 Å². The Kier molecular flexibility index (Phi) is 5.42. The van der Waals surface area contributed by atoms with Crippen molar-refractivity contribution < 1.29 is 18.0 Å². The van der Waals surface area contributed by atoms with Crippen LogP contribution in [0.25, 0.3) is 16.9 Å². The predicted octanol–water partition coefficient (Wildman–Crippen LogP) is 1.85. The van der Waals surface area contributed by atoms with Crippen LogP contribution < -0.4 is 15.8 Å². The zero-order valence-corrected chi connectivity index (χ0v) is 20.5. The van der Waals surface area contributed by atoms with E-state index in [1.807, 2.05) is 13.0 Å². The van der Waals surface area contributed by atoms with Crippen molar-refractivity contribution in [3.63, 3.8) is 0 Å². The van der Waals surface area contributed by atoms with E-state index in [1.165, 1.54) is 4.52 Å². The summed E-state index contributed by atoms with van der Waals surface area (Å²) in [6.07, 6.45) is 4.87. The third-order valence-corrected chi connectivity index (χ3v) is 7.09. The molecule has 35 heavy (non-hydrogen) atoms. The quantitative estimate of drug-likeness (QED) is 0.450. The highest BCUT2D eigenvalue weighted by Gasteiger charge is 2.40. The number of amides is 2. The van der Waals surface area contributed by atoms with E-state index >= 15 is 0 Å². The van der Waals surface area contributed by atoms with Crippen LogP contribution in [0.1, 0.15) is 53.0 Å². The Bertz CT molecular complexity index is 1480. The van der Waals surface area contributed by atoms with Crippen molar-refractivity contribution in [1.29, 1.82) is 0 Å². The number of benzene rings is 1. The number of carbonyl (C=O) groups is 2. The number of aromatic nitrogens is 3. The van der Waals surface area contributed by atoms with Crippen LogP contribution in [0.15, 0.2) is 24.4 Å². The lowest BCUT2D eigenvalue weighted by atomic mass is 10.0. The smallest absolute Gasteiger partial charge is 0.258 e. The summed E-state index contributed by atoms with van der Waals surface area (Å²) in [6, 6.07) is 5.24. The fourth-order valence-electron chi connectivity index (χ4n) is 4.64. The number of nitrogen functional groups attached to an aromatic ring is 1.